The summed E-state index contributed by atoms with van der Waals surface area (Å²) in [5, 5.41) is 28.9. The summed E-state index contributed by atoms with van der Waals surface area (Å²) in [6.45, 7) is 0. The van der Waals surface area contributed by atoms with E-state index in [4.69, 9.17) is 0 Å². The number of carbonyl (C=O) groups is 1. The number of nitrogens with zero attached hydrogens (tertiary/aromatic N) is 5. The van der Waals surface area contributed by atoms with Gasteiger partial charge in [0.25, 0.3) is 11.6 Å². The average Bonchev–Trinajstić information content (AvgIpc) is 2.90. The lowest BCUT2D eigenvalue weighted by Crippen LogP contribution is -2.19. The van der Waals surface area contributed by atoms with E-state index in [1.54, 1.807) is 6.07 Å². The Labute approximate surface area is 128 Å². The van der Waals surface area contributed by atoms with E-state index in [9.17, 15) is 25.0 Å². The number of rotatable bonds is 5. The molecule has 0 saturated heterocycles. The Hall–Kier alpha value is -3.63. The Kier molecular flexibility index (Phi) is 4.40. The molecule has 0 aliphatic carbocycles. The number of amides is 1. The molecule has 1 amide bonds. The Morgan fingerprint density at radius 3 is 2.57 bits per heavy atom. The Morgan fingerprint density at radius 1 is 1.26 bits per heavy atom. The normalized spacial score (nSPS) is 10.7. The minimum Gasteiger partial charge on any atom is -0.268 e. The molecule has 0 spiro atoms. The SMILES string of the molecule is Cn1cc([N+](=O)[O-])c(C(=O)N/N=C\c2ccccc2[N+](=O)[O-])n1. The van der Waals surface area contributed by atoms with Gasteiger partial charge in [-0.2, -0.15) is 10.2 Å². The van der Waals surface area contributed by atoms with E-state index in [2.05, 4.69) is 10.2 Å². The topological polar surface area (TPSA) is 146 Å². The van der Waals surface area contributed by atoms with Gasteiger partial charge in [0.15, 0.2) is 0 Å². The average molecular weight is 318 g/mol. The van der Waals surface area contributed by atoms with Crippen molar-refractivity contribution in [2.75, 3.05) is 0 Å². The second-order valence-electron chi connectivity index (χ2n) is 4.31. The summed E-state index contributed by atoms with van der Waals surface area (Å²) >= 11 is 0. The molecule has 0 aliphatic heterocycles. The summed E-state index contributed by atoms with van der Waals surface area (Å²) < 4.78 is 1.12. The van der Waals surface area contributed by atoms with Gasteiger partial charge in [-0.15, -0.1) is 0 Å². The first kappa shape index (κ1) is 15.8. The molecule has 0 aliphatic rings. The van der Waals surface area contributed by atoms with Crippen LogP contribution < -0.4 is 5.43 Å². The zero-order chi connectivity index (χ0) is 17.0. The minimum atomic E-state index is -0.896. The van der Waals surface area contributed by atoms with Gasteiger partial charge < -0.3 is 0 Å². The molecule has 1 N–H and O–H groups in total. The summed E-state index contributed by atoms with van der Waals surface area (Å²) in [5.41, 5.74) is 1.17. The van der Waals surface area contributed by atoms with Crippen LogP contribution in [0.15, 0.2) is 35.6 Å². The third kappa shape index (κ3) is 3.53. The van der Waals surface area contributed by atoms with Crippen LogP contribution in [-0.4, -0.2) is 31.7 Å². The quantitative estimate of drug-likeness (QED) is 0.494. The summed E-state index contributed by atoms with van der Waals surface area (Å²) in [7, 11) is 1.43. The number of aryl methyl sites for hydroxylation is 1. The molecule has 0 fully saturated rings. The molecule has 23 heavy (non-hydrogen) atoms. The third-order valence-corrected chi connectivity index (χ3v) is 2.72. The van der Waals surface area contributed by atoms with Gasteiger partial charge in [-0.3, -0.25) is 29.7 Å². The molecular weight excluding hydrogens is 308 g/mol. The Morgan fingerprint density at radius 2 is 1.91 bits per heavy atom. The zero-order valence-corrected chi connectivity index (χ0v) is 11.7. The molecule has 0 atom stereocenters. The molecule has 0 unspecified atom stereocenters. The first-order valence-corrected chi connectivity index (χ1v) is 6.15. The van der Waals surface area contributed by atoms with E-state index >= 15 is 0 Å². The highest BCUT2D eigenvalue weighted by Crippen LogP contribution is 2.16. The van der Waals surface area contributed by atoms with Crippen molar-refractivity contribution in [3.8, 4) is 0 Å². The lowest BCUT2D eigenvalue weighted by Gasteiger charge is -1.97. The second-order valence-corrected chi connectivity index (χ2v) is 4.31. The van der Waals surface area contributed by atoms with Crippen LogP contribution in [0.25, 0.3) is 0 Å². The first-order chi connectivity index (χ1) is 10.9. The number of nitro benzene ring substituents is 1. The van der Waals surface area contributed by atoms with E-state index in [-0.39, 0.29) is 11.3 Å². The van der Waals surface area contributed by atoms with Crippen LogP contribution in [0.4, 0.5) is 11.4 Å². The standard InChI is InChI=1S/C12H10N6O5/c1-16-7-10(18(22)23)11(15-16)12(19)14-13-6-8-4-2-3-5-9(8)17(20)21/h2-7H,1H3,(H,14,19)/b13-6-. The monoisotopic (exact) mass is 318 g/mol. The number of hydrogen-bond donors (Lipinski definition) is 1. The zero-order valence-electron chi connectivity index (χ0n) is 11.7. The van der Waals surface area contributed by atoms with E-state index in [0.717, 1.165) is 17.1 Å². The van der Waals surface area contributed by atoms with E-state index in [0.29, 0.717) is 0 Å². The van der Waals surface area contributed by atoms with Crippen LogP contribution in [0.3, 0.4) is 0 Å². The lowest BCUT2D eigenvalue weighted by atomic mass is 10.2. The number of benzene rings is 1. The number of hydrazone groups is 1. The fraction of sp³-hybridized carbons (Fsp3) is 0.0833. The predicted molar refractivity (Wildman–Crippen MR) is 78.0 cm³/mol. The molecule has 1 aromatic carbocycles. The highest BCUT2D eigenvalue weighted by atomic mass is 16.6. The van der Waals surface area contributed by atoms with E-state index in [1.165, 1.54) is 25.2 Å². The molecule has 11 heteroatoms. The summed E-state index contributed by atoms with van der Waals surface area (Å²) in [6.07, 6.45) is 2.16. The summed E-state index contributed by atoms with van der Waals surface area (Å²) in [4.78, 5) is 32.2. The van der Waals surface area contributed by atoms with Crippen molar-refractivity contribution in [2.24, 2.45) is 12.1 Å². The molecule has 0 bridgehead atoms. The molecule has 118 valence electrons. The molecule has 2 aromatic rings. The maximum atomic E-state index is 11.9. The van der Waals surface area contributed by atoms with Crippen LogP contribution in [0.5, 0.6) is 0 Å². The van der Waals surface area contributed by atoms with Gasteiger partial charge in [-0.1, -0.05) is 12.1 Å². The molecule has 11 nitrogen and oxygen atoms in total. The van der Waals surface area contributed by atoms with Crippen LogP contribution >= 0.6 is 0 Å². The molecule has 0 saturated carbocycles. The fourth-order valence-electron chi connectivity index (χ4n) is 1.75. The Balaban J connectivity index is 2.17. The summed E-state index contributed by atoms with van der Waals surface area (Å²) in [5.74, 6) is -0.896. The molecule has 2 rings (SSSR count). The van der Waals surface area contributed by atoms with Gasteiger partial charge >= 0.3 is 5.69 Å². The van der Waals surface area contributed by atoms with E-state index < -0.39 is 27.1 Å². The predicted octanol–water partition coefficient (Wildman–Crippen LogP) is 1.00. The second kappa shape index (κ2) is 6.43. The van der Waals surface area contributed by atoms with Gasteiger partial charge in [0.05, 0.1) is 21.6 Å². The third-order valence-electron chi connectivity index (χ3n) is 2.72. The smallest absolute Gasteiger partial charge is 0.268 e. The highest BCUT2D eigenvalue weighted by molar-refractivity contribution is 5.96. The maximum absolute atomic E-state index is 11.9. The molecular formula is C12H10N6O5. The van der Waals surface area contributed by atoms with Crippen molar-refractivity contribution in [1.29, 1.82) is 0 Å². The van der Waals surface area contributed by atoms with Crippen molar-refractivity contribution in [2.45, 2.75) is 0 Å². The first-order valence-electron chi connectivity index (χ1n) is 6.15. The minimum absolute atomic E-state index is 0.174. The van der Waals surface area contributed by atoms with Gasteiger partial charge in [0.1, 0.15) is 6.20 Å². The van der Waals surface area contributed by atoms with Gasteiger partial charge in [-0.05, 0) is 6.07 Å². The number of carbonyl (C=O) groups excluding carboxylic acids is 1. The van der Waals surface area contributed by atoms with Gasteiger partial charge in [0, 0.05) is 13.1 Å². The van der Waals surface area contributed by atoms with Gasteiger partial charge in [-0.25, -0.2) is 5.43 Å². The van der Waals surface area contributed by atoms with Crippen LogP contribution in [0.1, 0.15) is 16.1 Å². The van der Waals surface area contributed by atoms with E-state index in [1.807, 2.05) is 5.43 Å². The summed E-state index contributed by atoms with van der Waals surface area (Å²) in [6, 6.07) is 5.79. The van der Waals surface area contributed by atoms with Crippen LogP contribution in [0, 0.1) is 20.2 Å². The van der Waals surface area contributed by atoms with Crippen LogP contribution in [-0.2, 0) is 7.05 Å². The van der Waals surface area contributed by atoms with Crippen molar-refractivity contribution in [1.82, 2.24) is 15.2 Å². The fourth-order valence-corrected chi connectivity index (χ4v) is 1.75. The van der Waals surface area contributed by atoms with Crippen molar-refractivity contribution < 1.29 is 14.6 Å². The highest BCUT2D eigenvalue weighted by Gasteiger charge is 2.24. The molecule has 1 aromatic heterocycles. The lowest BCUT2D eigenvalue weighted by molar-refractivity contribution is -0.385. The van der Waals surface area contributed by atoms with Crippen molar-refractivity contribution in [3.05, 3.63) is 61.9 Å². The number of nitro groups is 2. The maximum Gasteiger partial charge on any atom is 0.320 e. The number of hydrogen-bond acceptors (Lipinski definition) is 7. The number of nitrogens with one attached hydrogen (secondary N) is 1. The number of aromatic nitrogens is 2. The van der Waals surface area contributed by atoms with Crippen molar-refractivity contribution in [3.63, 3.8) is 0 Å². The largest absolute Gasteiger partial charge is 0.320 e. The molecule has 1 heterocycles. The van der Waals surface area contributed by atoms with Crippen LogP contribution in [0.2, 0.25) is 0 Å². The molecule has 0 radical (unpaired) electrons. The number of para-hydroxylation sites is 1. The Bertz CT molecular complexity index is 812. The van der Waals surface area contributed by atoms with Crippen molar-refractivity contribution >= 4 is 23.5 Å². The van der Waals surface area contributed by atoms with Gasteiger partial charge in [0.2, 0.25) is 5.69 Å².